The second-order valence-corrected chi connectivity index (χ2v) is 14.7. The van der Waals surface area contributed by atoms with Gasteiger partial charge in [-0.1, -0.05) is 38.5 Å². The summed E-state index contributed by atoms with van der Waals surface area (Å²) in [5.74, 6) is 3.74. The molecule has 10 atom stereocenters. The maximum atomic E-state index is 13.4. The number of hydrogen-bond acceptors (Lipinski definition) is 3. The van der Waals surface area contributed by atoms with Crippen LogP contribution in [0.15, 0.2) is 18.2 Å². The number of benzene rings is 1. The second-order valence-electron chi connectivity index (χ2n) is 14.7. The van der Waals surface area contributed by atoms with Gasteiger partial charge in [0.15, 0.2) is 0 Å². The van der Waals surface area contributed by atoms with Crippen molar-refractivity contribution >= 4 is 11.6 Å². The molecule has 0 spiro atoms. The van der Waals surface area contributed by atoms with Crippen molar-refractivity contribution in [3.8, 4) is 0 Å². The quantitative estimate of drug-likeness (QED) is 0.465. The molecule has 210 valence electrons. The summed E-state index contributed by atoms with van der Waals surface area (Å²) in [6, 6.07) is 6.52. The van der Waals surface area contributed by atoms with E-state index in [1.54, 1.807) is 0 Å². The second kappa shape index (κ2) is 9.91. The van der Waals surface area contributed by atoms with E-state index in [4.69, 9.17) is 0 Å². The number of carbonyl (C=O) groups is 1. The third kappa shape index (κ3) is 4.19. The highest BCUT2D eigenvalue weighted by Crippen LogP contribution is 2.68. The lowest BCUT2D eigenvalue weighted by molar-refractivity contribution is -0.174. The van der Waals surface area contributed by atoms with Crippen molar-refractivity contribution < 1.29 is 15.0 Å². The number of aryl methyl sites for hydroxylation is 2. The molecule has 1 aliphatic heterocycles. The Bertz CT molecular complexity index is 1050. The maximum absolute atomic E-state index is 13.4. The number of amides is 1. The summed E-state index contributed by atoms with van der Waals surface area (Å²) < 4.78 is 0. The molecule has 2 N–H and O–H groups in total. The first-order valence-electron chi connectivity index (χ1n) is 15.9. The monoisotopic (exact) mass is 521 g/mol. The Morgan fingerprint density at radius 3 is 2.71 bits per heavy atom. The van der Waals surface area contributed by atoms with Crippen LogP contribution in [0.4, 0.5) is 5.69 Å². The Hall–Kier alpha value is -1.39. The first kappa shape index (κ1) is 26.8. The largest absolute Gasteiger partial charge is 0.393 e. The molecule has 4 nitrogen and oxygen atoms in total. The van der Waals surface area contributed by atoms with Crippen molar-refractivity contribution in [2.24, 2.45) is 46.3 Å². The van der Waals surface area contributed by atoms with Gasteiger partial charge < -0.3 is 15.1 Å². The fraction of sp³-hybridized carbons (Fsp3) is 0.794. The SMILES string of the molecule is Cc1ccc2c(c1)CCCN2C(=O)CC[C@@H](C)[C@H]1CC[C@H]2[C@@H]3CC[C@@H]4C[C@H](O)CC[C@]4(C)[C@H]3C[C@H](O)[C@]12C. The number of hydrogen-bond donors (Lipinski definition) is 2. The molecule has 4 saturated carbocycles. The van der Waals surface area contributed by atoms with Crippen molar-refractivity contribution in [3.05, 3.63) is 29.3 Å². The molecule has 0 saturated heterocycles. The third-order valence-corrected chi connectivity index (χ3v) is 13.0. The van der Waals surface area contributed by atoms with E-state index in [-0.39, 0.29) is 28.9 Å². The number of carbonyl (C=O) groups excluding carboxylic acids is 1. The Kier molecular flexibility index (Phi) is 6.99. The minimum absolute atomic E-state index is 0.0315. The average Bonchev–Trinajstić information content (AvgIpc) is 3.26. The first-order chi connectivity index (χ1) is 18.1. The van der Waals surface area contributed by atoms with Crippen molar-refractivity contribution in [1.29, 1.82) is 0 Å². The summed E-state index contributed by atoms with van der Waals surface area (Å²) in [6.45, 7) is 10.2. The minimum atomic E-state index is -0.251. The van der Waals surface area contributed by atoms with E-state index in [1.807, 2.05) is 4.90 Å². The number of nitrogens with zero attached hydrogens (tertiary/aromatic N) is 1. The van der Waals surface area contributed by atoms with Crippen LogP contribution in [0, 0.1) is 53.3 Å². The zero-order valence-electron chi connectivity index (χ0n) is 24.3. The van der Waals surface area contributed by atoms with Gasteiger partial charge in [-0.25, -0.2) is 0 Å². The van der Waals surface area contributed by atoms with Crippen molar-refractivity contribution in [1.82, 2.24) is 0 Å². The smallest absolute Gasteiger partial charge is 0.226 e. The molecule has 38 heavy (non-hydrogen) atoms. The lowest BCUT2D eigenvalue weighted by Crippen LogP contribution is -2.58. The van der Waals surface area contributed by atoms with Crippen LogP contribution in [0.25, 0.3) is 0 Å². The van der Waals surface area contributed by atoms with Crippen LogP contribution in [-0.2, 0) is 11.2 Å². The Morgan fingerprint density at radius 1 is 1.08 bits per heavy atom. The van der Waals surface area contributed by atoms with Crippen LogP contribution in [0.2, 0.25) is 0 Å². The highest BCUT2D eigenvalue weighted by molar-refractivity contribution is 5.94. The van der Waals surface area contributed by atoms with Gasteiger partial charge in [0.1, 0.15) is 0 Å². The zero-order chi connectivity index (χ0) is 26.8. The zero-order valence-corrected chi connectivity index (χ0v) is 24.3. The van der Waals surface area contributed by atoms with E-state index >= 15 is 0 Å². The van der Waals surface area contributed by atoms with Crippen LogP contribution in [0.1, 0.15) is 103 Å². The molecule has 4 aliphatic carbocycles. The highest BCUT2D eigenvalue weighted by Gasteiger charge is 2.63. The van der Waals surface area contributed by atoms with Gasteiger partial charge in [0.25, 0.3) is 0 Å². The number of aliphatic hydroxyl groups is 2. The molecule has 1 aromatic carbocycles. The molecule has 0 aromatic heterocycles. The van der Waals surface area contributed by atoms with Gasteiger partial charge in [-0.3, -0.25) is 4.79 Å². The van der Waals surface area contributed by atoms with Crippen LogP contribution in [0.3, 0.4) is 0 Å². The topological polar surface area (TPSA) is 60.8 Å². The summed E-state index contributed by atoms with van der Waals surface area (Å²) in [4.78, 5) is 15.5. The lowest BCUT2D eigenvalue weighted by atomic mass is 9.43. The molecular formula is C34H51NO3. The molecule has 6 rings (SSSR count). The van der Waals surface area contributed by atoms with Gasteiger partial charge in [-0.05, 0) is 136 Å². The van der Waals surface area contributed by atoms with Crippen LogP contribution >= 0.6 is 0 Å². The van der Waals surface area contributed by atoms with Crippen LogP contribution in [-0.4, -0.2) is 34.9 Å². The molecule has 0 unspecified atom stereocenters. The molecular weight excluding hydrogens is 470 g/mol. The number of fused-ring (bicyclic) bond motifs is 6. The van der Waals surface area contributed by atoms with E-state index in [0.29, 0.717) is 41.9 Å². The lowest BCUT2D eigenvalue weighted by Gasteiger charge is -2.62. The fourth-order valence-corrected chi connectivity index (χ4v) is 10.8. The fourth-order valence-electron chi connectivity index (χ4n) is 10.8. The van der Waals surface area contributed by atoms with Gasteiger partial charge in [-0.15, -0.1) is 0 Å². The molecule has 1 aromatic rings. The molecule has 5 aliphatic rings. The Labute approximate surface area is 230 Å². The third-order valence-electron chi connectivity index (χ3n) is 13.0. The summed E-state index contributed by atoms with van der Waals surface area (Å²) in [5, 5.41) is 22.2. The molecule has 1 heterocycles. The van der Waals surface area contributed by atoms with Gasteiger partial charge in [0.2, 0.25) is 5.91 Å². The number of rotatable bonds is 4. The molecule has 0 radical (unpaired) electrons. The van der Waals surface area contributed by atoms with Crippen molar-refractivity contribution in [2.45, 2.75) is 117 Å². The van der Waals surface area contributed by atoms with E-state index < -0.39 is 0 Å². The van der Waals surface area contributed by atoms with Crippen molar-refractivity contribution in [3.63, 3.8) is 0 Å². The van der Waals surface area contributed by atoms with Crippen molar-refractivity contribution in [2.75, 3.05) is 11.4 Å². The predicted molar refractivity (Wildman–Crippen MR) is 153 cm³/mol. The molecule has 1 amide bonds. The Morgan fingerprint density at radius 2 is 1.89 bits per heavy atom. The minimum Gasteiger partial charge on any atom is -0.393 e. The van der Waals surface area contributed by atoms with E-state index in [2.05, 4.69) is 45.9 Å². The molecule has 0 bridgehead atoms. The van der Waals surface area contributed by atoms with Gasteiger partial charge >= 0.3 is 0 Å². The number of anilines is 1. The summed E-state index contributed by atoms with van der Waals surface area (Å²) in [7, 11) is 0. The van der Waals surface area contributed by atoms with Gasteiger partial charge in [0.05, 0.1) is 12.2 Å². The maximum Gasteiger partial charge on any atom is 0.226 e. The summed E-state index contributed by atoms with van der Waals surface area (Å²) in [6.07, 6.45) is 12.2. The predicted octanol–water partition coefficient (Wildman–Crippen LogP) is 6.68. The molecule has 4 heteroatoms. The normalized spacial score (nSPS) is 43.0. The Balaban J connectivity index is 1.14. The standard InChI is InChI=1S/C34H51NO3/c1-21-7-13-30-23(18-21)6-5-17-35(30)32(38)14-8-22(2)27-11-12-28-26-10-9-24-19-25(36)15-16-33(24,3)29(26)20-31(37)34(27,28)4/h7,13,18,22,24-29,31,36-37H,5-6,8-12,14-17,19-20H2,1-4H3/t22-,24-,25-,26+,27-,28+,29+,31+,33+,34-/m1/s1. The van der Waals surface area contributed by atoms with E-state index in [0.717, 1.165) is 57.2 Å². The number of aliphatic hydroxyl groups excluding tert-OH is 2. The van der Waals surface area contributed by atoms with Crippen LogP contribution < -0.4 is 4.90 Å². The van der Waals surface area contributed by atoms with E-state index in [9.17, 15) is 15.0 Å². The van der Waals surface area contributed by atoms with Crippen LogP contribution in [0.5, 0.6) is 0 Å². The molecule has 4 fully saturated rings. The van der Waals surface area contributed by atoms with Gasteiger partial charge in [0, 0.05) is 18.7 Å². The highest BCUT2D eigenvalue weighted by atomic mass is 16.3. The first-order valence-corrected chi connectivity index (χ1v) is 15.9. The average molecular weight is 522 g/mol. The summed E-state index contributed by atoms with van der Waals surface area (Å²) >= 11 is 0. The summed E-state index contributed by atoms with van der Waals surface area (Å²) in [5.41, 5.74) is 3.97. The van der Waals surface area contributed by atoms with Gasteiger partial charge in [-0.2, -0.15) is 0 Å². The van der Waals surface area contributed by atoms with E-state index in [1.165, 1.54) is 36.8 Å².